The third kappa shape index (κ3) is 3.25. The molecule has 2 N–H and O–H groups in total. The zero-order chi connectivity index (χ0) is 15.4. The summed E-state index contributed by atoms with van der Waals surface area (Å²) in [5.74, 6) is -1.48. The van der Waals surface area contributed by atoms with Crippen molar-refractivity contribution in [1.29, 1.82) is 5.26 Å². The summed E-state index contributed by atoms with van der Waals surface area (Å²) in [6, 6.07) is 11.5. The van der Waals surface area contributed by atoms with Gasteiger partial charge in [-0.3, -0.25) is 9.59 Å². The molecular formula is C16H11NO4. The van der Waals surface area contributed by atoms with Crippen LogP contribution in [-0.2, 0) is 0 Å². The average Bonchev–Trinajstić information content (AvgIpc) is 2.47. The maximum atomic E-state index is 12.0. The molecule has 0 heterocycles. The number of hydrogen-bond acceptors (Lipinski definition) is 5. The van der Waals surface area contributed by atoms with Crippen molar-refractivity contribution in [2.75, 3.05) is 0 Å². The Balaban J connectivity index is 2.15. The minimum absolute atomic E-state index is 0.0187. The molecule has 0 radical (unpaired) electrons. The van der Waals surface area contributed by atoms with Gasteiger partial charge in [0.1, 0.15) is 11.5 Å². The number of hydrogen-bond donors (Lipinski definition) is 2. The zero-order valence-corrected chi connectivity index (χ0v) is 10.9. The van der Waals surface area contributed by atoms with Crippen LogP contribution in [-0.4, -0.2) is 21.8 Å². The lowest BCUT2D eigenvalue weighted by Gasteiger charge is -2.04. The fourth-order valence-electron chi connectivity index (χ4n) is 1.83. The highest BCUT2D eigenvalue weighted by Gasteiger charge is 2.17. The molecule has 104 valence electrons. The summed E-state index contributed by atoms with van der Waals surface area (Å²) < 4.78 is 0. The average molecular weight is 281 g/mol. The van der Waals surface area contributed by atoms with Gasteiger partial charge >= 0.3 is 0 Å². The van der Waals surface area contributed by atoms with E-state index >= 15 is 0 Å². The summed E-state index contributed by atoms with van der Waals surface area (Å²) in [7, 11) is 0. The van der Waals surface area contributed by atoms with Crippen molar-refractivity contribution in [3.8, 4) is 17.6 Å². The van der Waals surface area contributed by atoms with Crippen LogP contribution in [0.5, 0.6) is 11.5 Å². The Kier molecular flexibility index (Phi) is 4.00. The molecule has 21 heavy (non-hydrogen) atoms. The van der Waals surface area contributed by atoms with Gasteiger partial charge in [0.15, 0.2) is 11.6 Å². The molecule has 0 atom stereocenters. The third-order valence-electron chi connectivity index (χ3n) is 2.94. The molecule has 0 fully saturated rings. The number of carbonyl (C=O) groups excluding carboxylic acids is 2. The van der Waals surface area contributed by atoms with Gasteiger partial charge in [-0.25, -0.2) is 0 Å². The van der Waals surface area contributed by atoms with Gasteiger partial charge in [-0.2, -0.15) is 5.26 Å². The third-order valence-corrected chi connectivity index (χ3v) is 2.94. The van der Waals surface area contributed by atoms with E-state index in [-0.39, 0.29) is 17.1 Å². The summed E-state index contributed by atoms with van der Waals surface area (Å²) in [5, 5.41) is 27.4. The highest BCUT2D eigenvalue weighted by atomic mass is 16.3. The highest BCUT2D eigenvalue weighted by molar-refractivity contribution is 6.14. The topological polar surface area (TPSA) is 98.4 Å². The SMILES string of the molecule is N#Cc1ccc(C(=O)CC(=O)c2ccc(O)cc2O)cc1. The van der Waals surface area contributed by atoms with Crippen molar-refractivity contribution < 1.29 is 19.8 Å². The van der Waals surface area contributed by atoms with Crippen molar-refractivity contribution in [1.82, 2.24) is 0 Å². The molecule has 0 unspecified atom stereocenters. The van der Waals surface area contributed by atoms with Gasteiger partial charge in [0.25, 0.3) is 0 Å². The lowest BCUT2D eigenvalue weighted by molar-refractivity contribution is 0.0893. The smallest absolute Gasteiger partial charge is 0.174 e. The summed E-state index contributed by atoms with van der Waals surface area (Å²) in [4.78, 5) is 23.9. The van der Waals surface area contributed by atoms with Gasteiger partial charge in [0, 0.05) is 11.6 Å². The largest absolute Gasteiger partial charge is 0.508 e. The van der Waals surface area contributed by atoms with Crippen LogP contribution in [0.3, 0.4) is 0 Å². The number of phenols is 2. The molecule has 0 bridgehead atoms. The molecule has 2 aromatic rings. The molecule has 0 aliphatic rings. The molecule has 2 aromatic carbocycles. The molecule has 0 spiro atoms. The quantitative estimate of drug-likeness (QED) is 0.662. The van der Waals surface area contributed by atoms with Crippen molar-refractivity contribution in [2.45, 2.75) is 6.42 Å². The van der Waals surface area contributed by atoms with Crippen molar-refractivity contribution in [2.24, 2.45) is 0 Å². The van der Waals surface area contributed by atoms with Crippen LogP contribution >= 0.6 is 0 Å². The first-order valence-corrected chi connectivity index (χ1v) is 6.10. The molecule has 0 saturated carbocycles. The number of nitriles is 1. The normalized spacial score (nSPS) is 9.86. The highest BCUT2D eigenvalue weighted by Crippen LogP contribution is 2.24. The second kappa shape index (κ2) is 5.88. The van der Waals surface area contributed by atoms with Crippen LogP contribution in [0.15, 0.2) is 42.5 Å². The van der Waals surface area contributed by atoms with Gasteiger partial charge in [-0.1, -0.05) is 12.1 Å². The van der Waals surface area contributed by atoms with E-state index in [1.807, 2.05) is 6.07 Å². The van der Waals surface area contributed by atoms with Crippen LogP contribution in [0, 0.1) is 11.3 Å². The molecule has 0 amide bonds. The van der Waals surface area contributed by atoms with E-state index < -0.39 is 18.0 Å². The zero-order valence-electron chi connectivity index (χ0n) is 10.9. The van der Waals surface area contributed by atoms with E-state index in [0.717, 1.165) is 6.07 Å². The van der Waals surface area contributed by atoms with Gasteiger partial charge in [0.2, 0.25) is 0 Å². The number of carbonyl (C=O) groups is 2. The second-order valence-corrected chi connectivity index (χ2v) is 4.41. The number of phenolic OH excluding ortho intramolecular Hbond substituents is 2. The summed E-state index contributed by atoms with van der Waals surface area (Å²) >= 11 is 0. The molecule has 0 aliphatic carbocycles. The van der Waals surface area contributed by atoms with Crippen LogP contribution in [0.4, 0.5) is 0 Å². The molecule has 5 nitrogen and oxygen atoms in total. The summed E-state index contributed by atoms with van der Waals surface area (Å²) in [6.07, 6.45) is -0.399. The van der Waals surface area contributed by atoms with Crippen molar-refractivity contribution in [3.05, 3.63) is 59.2 Å². The number of Topliss-reactive ketones (excluding diaryl/α,β-unsaturated/α-hetero) is 2. The van der Waals surface area contributed by atoms with Crippen LogP contribution in [0.2, 0.25) is 0 Å². The Bertz CT molecular complexity index is 742. The molecule has 2 rings (SSSR count). The van der Waals surface area contributed by atoms with E-state index in [4.69, 9.17) is 10.4 Å². The molecular weight excluding hydrogens is 270 g/mol. The fourth-order valence-corrected chi connectivity index (χ4v) is 1.83. The standard InChI is InChI=1S/C16H11NO4/c17-9-10-1-3-11(4-2-10)14(19)8-16(21)13-6-5-12(18)7-15(13)20/h1-7,18,20H,8H2. The molecule has 5 heteroatoms. The summed E-state index contributed by atoms with van der Waals surface area (Å²) in [5.41, 5.74) is 0.726. The monoisotopic (exact) mass is 281 g/mol. The Morgan fingerprint density at radius 1 is 1.00 bits per heavy atom. The van der Waals surface area contributed by atoms with E-state index in [2.05, 4.69) is 0 Å². The van der Waals surface area contributed by atoms with Gasteiger partial charge in [0.05, 0.1) is 23.6 Å². The minimum atomic E-state index is -0.540. The fraction of sp³-hybridized carbons (Fsp3) is 0.0625. The first kappa shape index (κ1) is 14.3. The van der Waals surface area contributed by atoms with E-state index in [1.165, 1.54) is 36.4 Å². The predicted molar refractivity (Wildman–Crippen MR) is 74.2 cm³/mol. The number of nitrogens with zero attached hydrogens (tertiary/aromatic N) is 1. The second-order valence-electron chi connectivity index (χ2n) is 4.41. The number of benzene rings is 2. The molecule has 0 aliphatic heterocycles. The Labute approximate surface area is 120 Å². The van der Waals surface area contributed by atoms with Crippen LogP contribution < -0.4 is 0 Å². The van der Waals surface area contributed by atoms with Crippen LogP contribution in [0.1, 0.15) is 32.7 Å². The van der Waals surface area contributed by atoms with E-state index in [0.29, 0.717) is 11.1 Å². The Morgan fingerprint density at radius 2 is 1.67 bits per heavy atom. The van der Waals surface area contributed by atoms with Gasteiger partial charge in [-0.05, 0) is 24.3 Å². The lowest BCUT2D eigenvalue weighted by Crippen LogP contribution is -2.08. The molecule has 0 saturated heterocycles. The first-order valence-electron chi connectivity index (χ1n) is 6.10. The lowest BCUT2D eigenvalue weighted by atomic mass is 10.00. The van der Waals surface area contributed by atoms with Crippen LogP contribution in [0.25, 0.3) is 0 Å². The number of ketones is 2. The van der Waals surface area contributed by atoms with E-state index in [9.17, 15) is 14.7 Å². The Hall–Kier alpha value is -3.13. The maximum Gasteiger partial charge on any atom is 0.174 e. The number of aromatic hydroxyl groups is 2. The maximum absolute atomic E-state index is 12.0. The molecule has 0 aromatic heterocycles. The summed E-state index contributed by atoms with van der Waals surface area (Å²) in [6.45, 7) is 0. The minimum Gasteiger partial charge on any atom is -0.508 e. The first-order chi connectivity index (χ1) is 10.0. The Morgan fingerprint density at radius 3 is 2.24 bits per heavy atom. The van der Waals surface area contributed by atoms with Crippen molar-refractivity contribution in [3.63, 3.8) is 0 Å². The van der Waals surface area contributed by atoms with E-state index in [1.54, 1.807) is 0 Å². The predicted octanol–water partition coefficient (Wildman–Crippen LogP) is 2.43. The van der Waals surface area contributed by atoms with Gasteiger partial charge in [-0.15, -0.1) is 0 Å². The van der Waals surface area contributed by atoms with Crippen molar-refractivity contribution >= 4 is 11.6 Å². The number of rotatable bonds is 4. The van der Waals surface area contributed by atoms with Gasteiger partial charge < -0.3 is 10.2 Å².